The predicted octanol–water partition coefficient (Wildman–Crippen LogP) is 3.21. The highest BCUT2D eigenvalue weighted by Gasteiger charge is 2.21. The molecule has 0 saturated carbocycles. The van der Waals surface area contributed by atoms with Crippen molar-refractivity contribution >= 4 is 16.5 Å². The van der Waals surface area contributed by atoms with Crippen molar-refractivity contribution in [2.24, 2.45) is 0 Å². The molecule has 0 aromatic carbocycles. The van der Waals surface area contributed by atoms with E-state index in [-0.39, 0.29) is 0 Å². The maximum Gasteiger partial charge on any atom is 0.186 e. The molecule has 1 atom stereocenters. The molecule has 4 nitrogen and oxygen atoms in total. The van der Waals surface area contributed by atoms with Gasteiger partial charge in [-0.3, -0.25) is 0 Å². The average Bonchev–Trinajstić information content (AvgIpc) is 2.77. The van der Waals surface area contributed by atoms with Crippen LogP contribution in [0.1, 0.15) is 50.1 Å². The Hall–Kier alpha value is -0.650. The summed E-state index contributed by atoms with van der Waals surface area (Å²) in [7, 11) is 1.74. The van der Waals surface area contributed by atoms with Crippen molar-refractivity contribution in [3.05, 3.63) is 10.6 Å². The second-order valence-corrected chi connectivity index (χ2v) is 6.84. The summed E-state index contributed by atoms with van der Waals surface area (Å²) in [6.07, 6.45) is 6.32. The number of aryl methyl sites for hydroxylation is 1. The number of methoxy groups -OCH3 is 1. The van der Waals surface area contributed by atoms with Gasteiger partial charge in [0.15, 0.2) is 5.13 Å². The van der Waals surface area contributed by atoms with Crippen LogP contribution >= 0.6 is 11.3 Å². The minimum atomic E-state index is 0.623. The molecule has 2 rings (SSSR count). The highest BCUT2D eigenvalue weighted by Crippen LogP contribution is 2.31. The van der Waals surface area contributed by atoms with Crippen LogP contribution in [0.3, 0.4) is 0 Å². The van der Waals surface area contributed by atoms with Gasteiger partial charge < -0.3 is 15.0 Å². The number of nitrogens with zero attached hydrogens (tertiary/aromatic N) is 2. The summed E-state index contributed by atoms with van der Waals surface area (Å²) in [6, 6.07) is 0.623. The first kappa shape index (κ1) is 16.7. The largest absolute Gasteiger partial charge is 0.383 e. The fourth-order valence-corrected chi connectivity index (χ4v) is 4.09. The predicted molar refractivity (Wildman–Crippen MR) is 90.4 cm³/mol. The van der Waals surface area contributed by atoms with Crippen molar-refractivity contribution in [2.75, 3.05) is 31.7 Å². The SMILES string of the molecule is CCc1nc(N2CCCCCC2C)sc1CNCCOC. The first-order valence-corrected chi connectivity index (χ1v) is 9.02. The zero-order valence-corrected chi connectivity index (χ0v) is 14.5. The summed E-state index contributed by atoms with van der Waals surface area (Å²) in [5.74, 6) is 0. The van der Waals surface area contributed by atoms with E-state index in [4.69, 9.17) is 9.72 Å². The highest BCUT2D eigenvalue weighted by atomic mass is 32.1. The molecule has 1 aromatic heterocycles. The molecule has 1 unspecified atom stereocenters. The van der Waals surface area contributed by atoms with Gasteiger partial charge in [-0.25, -0.2) is 4.98 Å². The van der Waals surface area contributed by atoms with Gasteiger partial charge in [-0.2, -0.15) is 0 Å². The van der Waals surface area contributed by atoms with E-state index < -0.39 is 0 Å². The molecule has 21 heavy (non-hydrogen) atoms. The Morgan fingerprint density at radius 3 is 3.00 bits per heavy atom. The smallest absolute Gasteiger partial charge is 0.186 e. The van der Waals surface area contributed by atoms with Crippen molar-refractivity contribution in [2.45, 2.75) is 58.5 Å². The van der Waals surface area contributed by atoms with Crippen molar-refractivity contribution in [1.82, 2.24) is 10.3 Å². The number of hydrogen-bond donors (Lipinski definition) is 1. The van der Waals surface area contributed by atoms with Gasteiger partial charge in [-0.05, 0) is 26.2 Å². The Balaban J connectivity index is 2.04. The van der Waals surface area contributed by atoms with Crippen LogP contribution in [-0.4, -0.2) is 37.8 Å². The summed E-state index contributed by atoms with van der Waals surface area (Å²) in [5.41, 5.74) is 1.26. The molecule has 2 heterocycles. The summed E-state index contributed by atoms with van der Waals surface area (Å²) in [5, 5.41) is 4.67. The molecule has 1 saturated heterocycles. The molecule has 120 valence electrons. The van der Waals surface area contributed by atoms with Gasteiger partial charge in [-0.15, -0.1) is 11.3 Å². The topological polar surface area (TPSA) is 37.4 Å². The van der Waals surface area contributed by atoms with Gasteiger partial charge in [0.25, 0.3) is 0 Å². The minimum absolute atomic E-state index is 0.623. The third-order valence-corrected chi connectivity index (χ3v) is 5.30. The highest BCUT2D eigenvalue weighted by molar-refractivity contribution is 7.15. The Morgan fingerprint density at radius 1 is 1.38 bits per heavy atom. The number of ether oxygens (including phenoxy) is 1. The monoisotopic (exact) mass is 311 g/mol. The lowest BCUT2D eigenvalue weighted by atomic mass is 10.1. The molecular weight excluding hydrogens is 282 g/mol. The molecule has 0 amide bonds. The van der Waals surface area contributed by atoms with Gasteiger partial charge in [-0.1, -0.05) is 19.8 Å². The van der Waals surface area contributed by atoms with Crippen molar-refractivity contribution < 1.29 is 4.74 Å². The number of aromatic nitrogens is 1. The number of rotatable bonds is 7. The van der Waals surface area contributed by atoms with E-state index in [0.717, 1.165) is 32.7 Å². The van der Waals surface area contributed by atoms with E-state index in [1.54, 1.807) is 7.11 Å². The van der Waals surface area contributed by atoms with E-state index in [0.29, 0.717) is 6.04 Å². The van der Waals surface area contributed by atoms with Crippen LogP contribution in [0, 0.1) is 0 Å². The van der Waals surface area contributed by atoms with E-state index in [1.807, 2.05) is 11.3 Å². The summed E-state index contributed by atoms with van der Waals surface area (Å²) < 4.78 is 5.08. The molecule has 1 aliphatic heterocycles. The number of hydrogen-bond acceptors (Lipinski definition) is 5. The van der Waals surface area contributed by atoms with Crippen molar-refractivity contribution in [3.63, 3.8) is 0 Å². The Bertz CT molecular complexity index is 422. The zero-order chi connectivity index (χ0) is 15.1. The first-order valence-electron chi connectivity index (χ1n) is 8.21. The number of nitrogens with one attached hydrogen (secondary N) is 1. The minimum Gasteiger partial charge on any atom is -0.383 e. The fraction of sp³-hybridized carbons (Fsp3) is 0.812. The lowest BCUT2D eigenvalue weighted by molar-refractivity contribution is 0.199. The van der Waals surface area contributed by atoms with Gasteiger partial charge in [0.1, 0.15) is 0 Å². The van der Waals surface area contributed by atoms with Gasteiger partial charge in [0.05, 0.1) is 12.3 Å². The van der Waals surface area contributed by atoms with Crippen LogP contribution in [-0.2, 0) is 17.7 Å². The molecule has 1 aliphatic rings. The normalized spacial score (nSPS) is 19.8. The standard InChI is InChI=1S/C16H29N3OS/c1-4-14-15(12-17-9-11-20-3)21-16(18-14)19-10-7-5-6-8-13(19)2/h13,17H,4-12H2,1-3H3. The summed E-state index contributed by atoms with van der Waals surface area (Å²) >= 11 is 1.87. The molecule has 1 N–H and O–H groups in total. The fourth-order valence-electron chi connectivity index (χ4n) is 2.84. The average molecular weight is 311 g/mol. The van der Waals surface area contributed by atoms with Crippen molar-refractivity contribution in [1.29, 1.82) is 0 Å². The number of thiazole rings is 1. The van der Waals surface area contributed by atoms with E-state index in [1.165, 1.54) is 41.4 Å². The first-order chi connectivity index (χ1) is 10.3. The quantitative estimate of drug-likeness (QED) is 0.785. The second kappa shape index (κ2) is 8.71. The molecule has 0 spiro atoms. The lowest BCUT2D eigenvalue weighted by Crippen LogP contribution is -2.32. The third kappa shape index (κ3) is 4.66. The van der Waals surface area contributed by atoms with Gasteiger partial charge in [0, 0.05) is 37.7 Å². The summed E-state index contributed by atoms with van der Waals surface area (Å²) in [4.78, 5) is 8.83. The number of anilines is 1. The van der Waals surface area contributed by atoms with E-state index in [9.17, 15) is 0 Å². The van der Waals surface area contributed by atoms with Crippen molar-refractivity contribution in [3.8, 4) is 0 Å². The van der Waals surface area contributed by atoms with Crippen LogP contribution in [0.2, 0.25) is 0 Å². The van der Waals surface area contributed by atoms with Gasteiger partial charge >= 0.3 is 0 Å². The van der Waals surface area contributed by atoms with E-state index >= 15 is 0 Å². The molecule has 0 radical (unpaired) electrons. The van der Waals surface area contributed by atoms with Crippen LogP contribution in [0.4, 0.5) is 5.13 Å². The van der Waals surface area contributed by atoms with E-state index in [2.05, 4.69) is 24.1 Å². The molecule has 5 heteroatoms. The zero-order valence-electron chi connectivity index (χ0n) is 13.7. The molecule has 0 bridgehead atoms. The van der Waals surface area contributed by atoms with Crippen LogP contribution in [0.15, 0.2) is 0 Å². The Kier molecular flexibility index (Phi) is 6.93. The molecule has 1 fully saturated rings. The lowest BCUT2D eigenvalue weighted by Gasteiger charge is -2.26. The van der Waals surface area contributed by atoms with Gasteiger partial charge in [0.2, 0.25) is 0 Å². The molecule has 0 aliphatic carbocycles. The van der Waals surface area contributed by atoms with Crippen LogP contribution < -0.4 is 10.2 Å². The maximum atomic E-state index is 5.08. The maximum absolute atomic E-state index is 5.08. The molecular formula is C16H29N3OS. The summed E-state index contributed by atoms with van der Waals surface area (Å²) in [6.45, 7) is 8.27. The second-order valence-electron chi connectivity index (χ2n) is 5.78. The third-order valence-electron chi connectivity index (χ3n) is 4.17. The van der Waals surface area contributed by atoms with Crippen LogP contribution in [0.5, 0.6) is 0 Å². The molecule has 1 aromatic rings. The van der Waals surface area contributed by atoms with Crippen LogP contribution in [0.25, 0.3) is 0 Å². The Morgan fingerprint density at radius 2 is 2.24 bits per heavy atom. The Labute approximate surface area is 132 Å².